The number of ether oxygens (including phenoxy) is 2. The molecule has 0 aliphatic carbocycles. The third kappa shape index (κ3) is 7.58. The number of rotatable bonds is 11. The topological polar surface area (TPSA) is 99.1 Å². The summed E-state index contributed by atoms with van der Waals surface area (Å²) < 4.78 is 59.4. The lowest BCUT2D eigenvalue weighted by atomic mass is 10.1. The normalized spacial score (nSPS) is 14.4. The minimum absolute atomic E-state index is 0.0805. The van der Waals surface area contributed by atoms with Gasteiger partial charge in [0.15, 0.2) is 6.10 Å². The van der Waals surface area contributed by atoms with Gasteiger partial charge in [0.1, 0.15) is 11.5 Å². The van der Waals surface area contributed by atoms with E-state index in [0.717, 1.165) is 11.1 Å². The summed E-state index contributed by atoms with van der Waals surface area (Å²) in [6.07, 6.45) is -3.35. The van der Waals surface area contributed by atoms with Gasteiger partial charge in [-0.3, -0.25) is 0 Å². The van der Waals surface area contributed by atoms with Gasteiger partial charge in [-0.1, -0.05) is 24.3 Å². The van der Waals surface area contributed by atoms with Crippen molar-refractivity contribution >= 4 is 16.1 Å². The van der Waals surface area contributed by atoms with E-state index in [-0.39, 0.29) is 12.2 Å². The van der Waals surface area contributed by atoms with Crippen molar-refractivity contribution in [3.8, 4) is 11.5 Å². The molecule has 0 aromatic heterocycles. The van der Waals surface area contributed by atoms with Gasteiger partial charge in [-0.05, 0) is 42.3 Å². The van der Waals surface area contributed by atoms with Crippen LogP contribution in [0.15, 0.2) is 48.5 Å². The molecule has 0 bridgehead atoms. The van der Waals surface area contributed by atoms with Crippen LogP contribution in [0.5, 0.6) is 11.5 Å². The van der Waals surface area contributed by atoms with Gasteiger partial charge in [0, 0.05) is 23.6 Å². The summed E-state index contributed by atoms with van der Waals surface area (Å²) >= 11 is 0. The highest BCUT2D eigenvalue weighted by Gasteiger charge is 2.17. The Kier molecular flexibility index (Phi) is 6.32. The van der Waals surface area contributed by atoms with Crippen LogP contribution in [-0.4, -0.2) is 45.0 Å². The Morgan fingerprint density at radius 2 is 1.68 bits per heavy atom. The standard InChI is InChI=1S/C20H24O7S/c1-3-25-19(20(21)22)14-16-6-8-17(9-7-16)26-13-12-15-4-10-18(11-5-15)27-28(2,23)24/h4-11,19H,3,12-14H2,1-2H3,(H,21,22)/t19-/m0/s1/i2D3. The average Bonchev–Trinajstić information content (AvgIpc) is 2.69. The molecule has 0 fully saturated rings. The van der Waals surface area contributed by atoms with Crippen molar-refractivity contribution in [3.63, 3.8) is 0 Å². The maximum atomic E-state index is 11.5. The van der Waals surface area contributed by atoms with E-state index >= 15 is 0 Å². The number of hydrogen-bond donors (Lipinski definition) is 1. The van der Waals surface area contributed by atoms with Crippen LogP contribution < -0.4 is 8.92 Å². The van der Waals surface area contributed by atoms with Crippen LogP contribution in [0, 0.1) is 0 Å². The number of carboxylic acid groups (broad SMARTS) is 1. The smallest absolute Gasteiger partial charge is 0.333 e. The van der Waals surface area contributed by atoms with Gasteiger partial charge in [0.2, 0.25) is 0 Å². The van der Waals surface area contributed by atoms with E-state index in [1.54, 1.807) is 43.3 Å². The predicted octanol–water partition coefficient (Wildman–Crippen LogP) is 2.68. The van der Waals surface area contributed by atoms with Gasteiger partial charge in [-0.25, -0.2) is 4.79 Å². The third-order valence-corrected chi connectivity index (χ3v) is 4.19. The third-order valence-electron chi connectivity index (χ3n) is 3.78. The number of benzene rings is 2. The lowest BCUT2D eigenvalue weighted by molar-refractivity contribution is -0.149. The lowest BCUT2D eigenvalue weighted by Gasteiger charge is -2.13. The molecule has 2 aromatic carbocycles. The van der Waals surface area contributed by atoms with Gasteiger partial charge in [0.05, 0.1) is 12.8 Å². The Morgan fingerprint density at radius 3 is 2.25 bits per heavy atom. The summed E-state index contributed by atoms with van der Waals surface area (Å²) in [5.74, 6) is -0.464. The Bertz CT molecular complexity index is 956. The highest BCUT2D eigenvalue weighted by molar-refractivity contribution is 7.86. The molecule has 0 aliphatic rings. The molecule has 8 heteroatoms. The molecule has 2 aromatic rings. The van der Waals surface area contributed by atoms with Crippen molar-refractivity contribution in [2.75, 3.05) is 19.4 Å². The first kappa shape index (κ1) is 17.5. The molecule has 1 atom stereocenters. The number of aliphatic carboxylic acids is 1. The van der Waals surface area contributed by atoms with E-state index in [1.807, 2.05) is 0 Å². The van der Waals surface area contributed by atoms with Gasteiger partial charge < -0.3 is 18.8 Å². The van der Waals surface area contributed by atoms with Gasteiger partial charge in [0.25, 0.3) is 0 Å². The van der Waals surface area contributed by atoms with E-state index in [0.29, 0.717) is 25.4 Å². The number of carbonyl (C=O) groups is 1. The van der Waals surface area contributed by atoms with E-state index in [9.17, 15) is 13.2 Å². The summed E-state index contributed by atoms with van der Waals surface area (Å²) in [6.45, 7) is 2.41. The Balaban J connectivity index is 1.85. The van der Waals surface area contributed by atoms with Gasteiger partial charge >= 0.3 is 16.1 Å². The molecule has 0 unspecified atom stereocenters. The minimum Gasteiger partial charge on any atom is -0.493 e. The molecule has 0 radical (unpaired) electrons. The van der Waals surface area contributed by atoms with Crippen LogP contribution in [0.4, 0.5) is 0 Å². The Hall–Kier alpha value is -2.58. The molecular formula is C20H24O7S. The maximum absolute atomic E-state index is 11.5. The zero-order valence-electron chi connectivity index (χ0n) is 18.3. The monoisotopic (exact) mass is 411 g/mol. The first-order valence-corrected chi connectivity index (χ1v) is 10.0. The average molecular weight is 411 g/mol. The van der Waals surface area contributed by atoms with E-state index in [1.165, 1.54) is 12.1 Å². The SMILES string of the molecule is [2H]C([2H])([2H])S(=O)(=O)Oc1ccc(CCOc2ccc(C[C@H](OCC)C(=O)O)cc2)cc1. The van der Waals surface area contributed by atoms with Crippen LogP contribution in [0.3, 0.4) is 0 Å². The molecule has 28 heavy (non-hydrogen) atoms. The predicted molar refractivity (Wildman–Crippen MR) is 104 cm³/mol. The summed E-state index contributed by atoms with van der Waals surface area (Å²) in [7, 11) is -4.70. The fourth-order valence-electron chi connectivity index (χ4n) is 2.48. The van der Waals surface area contributed by atoms with Gasteiger partial charge in [-0.15, -0.1) is 0 Å². The second-order valence-electron chi connectivity index (χ2n) is 5.91. The molecular weight excluding hydrogens is 384 g/mol. The van der Waals surface area contributed by atoms with E-state index < -0.39 is 28.4 Å². The summed E-state index contributed by atoms with van der Waals surface area (Å²) in [4.78, 5) is 11.2. The minimum atomic E-state index is -4.70. The molecule has 0 spiro atoms. The lowest BCUT2D eigenvalue weighted by Crippen LogP contribution is -2.26. The largest absolute Gasteiger partial charge is 0.493 e. The van der Waals surface area contributed by atoms with Crippen LogP contribution in [-0.2, 0) is 32.5 Å². The summed E-state index contributed by atoms with van der Waals surface area (Å²) in [5.41, 5.74) is 1.66. The molecule has 0 saturated heterocycles. The maximum Gasteiger partial charge on any atom is 0.333 e. The van der Waals surface area contributed by atoms with Crippen molar-refractivity contribution in [1.29, 1.82) is 0 Å². The molecule has 152 valence electrons. The van der Waals surface area contributed by atoms with Crippen LogP contribution >= 0.6 is 0 Å². The van der Waals surface area contributed by atoms with Crippen molar-refractivity contribution in [3.05, 3.63) is 59.7 Å². The molecule has 0 aliphatic heterocycles. The number of carboxylic acids is 1. The highest BCUT2D eigenvalue weighted by Crippen LogP contribution is 2.17. The van der Waals surface area contributed by atoms with Crippen molar-refractivity contribution in [1.82, 2.24) is 0 Å². The fraction of sp³-hybridized carbons (Fsp3) is 0.350. The first-order valence-electron chi connectivity index (χ1n) is 10.1. The molecule has 2 rings (SSSR count). The number of hydrogen-bond acceptors (Lipinski definition) is 6. The molecule has 1 N–H and O–H groups in total. The molecule has 0 amide bonds. The summed E-state index contributed by atoms with van der Waals surface area (Å²) in [6, 6.07) is 13.1. The van der Waals surface area contributed by atoms with Crippen LogP contribution in [0.2, 0.25) is 0 Å². The highest BCUT2D eigenvalue weighted by atomic mass is 32.2. The molecule has 7 nitrogen and oxygen atoms in total. The zero-order valence-corrected chi connectivity index (χ0v) is 16.1. The second-order valence-corrected chi connectivity index (χ2v) is 6.99. The van der Waals surface area contributed by atoms with Crippen LogP contribution in [0.25, 0.3) is 0 Å². The van der Waals surface area contributed by atoms with Crippen molar-refractivity contribution in [2.24, 2.45) is 0 Å². The second kappa shape index (κ2) is 10.1. The van der Waals surface area contributed by atoms with Gasteiger partial charge in [-0.2, -0.15) is 8.42 Å². The van der Waals surface area contributed by atoms with E-state index in [2.05, 4.69) is 4.18 Å². The quantitative estimate of drug-likeness (QED) is 0.568. The molecule has 0 heterocycles. The van der Waals surface area contributed by atoms with Crippen LogP contribution in [0.1, 0.15) is 22.2 Å². The van der Waals surface area contributed by atoms with Crippen molar-refractivity contribution in [2.45, 2.75) is 25.9 Å². The summed E-state index contributed by atoms with van der Waals surface area (Å²) in [5, 5.41) is 9.14. The Labute approximate surface area is 169 Å². The zero-order chi connectivity index (χ0) is 23.1. The fourth-order valence-corrected chi connectivity index (χ4v) is 2.84. The first-order chi connectivity index (χ1) is 14.5. The van der Waals surface area contributed by atoms with Crippen molar-refractivity contribution < 1.29 is 36.1 Å². The Morgan fingerprint density at radius 1 is 1.07 bits per heavy atom. The van der Waals surface area contributed by atoms with E-state index in [4.69, 9.17) is 18.7 Å². The molecule has 0 saturated carbocycles.